The predicted molar refractivity (Wildman–Crippen MR) is 58.0 cm³/mol. The van der Waals surface area contributed by atoms with Crippen LogP contribution in [0.4, 0.5) is 0 Å². The van der Waals surface area contributed by atoms with Crippen LogP contribution in [0.1, 0.15) is 0 Å². The van der Waals surface area contributed by atoms with Gasteiger partial charge < -0.3 is 0 Å². The number of aromatic nitrogens is 1. The Kier molecular flexibility index (Phi) is 4.95. The second kappa shape index (κ2) is 6.14. The topological polar surface area (TPSA) is 12.9 Å². The van der Waals surface area contributed by atoms with Crippen molar-refractivity contribution in [1.82, 2.24) is 4.98 Å². The Morgan fingerprint density at radius 3 is 2.75 bits per heavy atom. The molecule has 1 aromatic heterocycles. The molecule has 0 N–H and O–H groups in total. The van der Waals surface area contributed by atoms with Crippen LogP contribution >= 0.6 is 24.4 Å². The third kappa shape index (κ3) is 3.83. The molecule has 0 bridgehead atoms. The summed E-state index contributed by atoms with van der Waals surface area (Å²) in [6.07, 6.45) is 7.80. The Hall–Kier alpha value is -0.410. The van der Waals surface area contributed by atoms with Crippen LogP contribution in [-0.2, 0) is 0 Å². The molecule has 0 amide bonds. The lowest BCUT2D eigenvalue weighted by molar-refractivity contribution is 1.26. The summed E-state index contributed by atoms with van der Waals surface area (Å²) in [6.45, 7) is 0. The Balaban J connectivity index is 2.29. The first kappa shape index (κ1) is 9.68. The van der Waals surface area contributed by atoms with E-state index in [0.29, 0.717) is 0 Å². The molecule has 0 spiro atoms. The summed E-state index contributed by atoms with van der Waals surface area (Å²) < 4.78 is 0. The maximum Gasteiger partial charge on any atom is 0.0278 e. The van der Waals surface area contributed by atoms with Crippen molar-refractivity contribution in [1.29, 1.82) is 0 Å². The Morgan fingerprint density at radius 2 is 2.08 bits per heavy atom. The summed E-state index contributed by atoms with van der Waals surface area (Å²) in [7, 11) is 0. The average molecular weight is 197 g/mol. The first-order valence-electron chi connectivity index (χ1n) is 3.72. The number of thiol groups is 1. The number of hydrogen-bond acceptors (Lipinski definition) is 3. The SMILES string of the molecule is SCC=CCSc1ccncc1. The van der Waals surface area contributed by atoms with Crippen molar-refractivity contribution in [2.75, 3.05) is 11.5 Å². The van der Waals surface area contributed by atoms with E-state index in [1.165, 1.54) is 4.90 Å². The monoisotopic (exact) mass is 197 g/mol. The van der Waals surface area contributed by atoms with Crippen LogP contribution in [0.5, 0.6) is 0 Å². The van der Waals surface area contributed by atoms with Crippen molar-refractivity contribution in [3.63, 3.8) is 0 Å². The van der Waals surface area contributed by atoms with Gasteiger partial charge in [-0.05, 0) is 12.1 Å². The summed E-state index contributed by atoms with van der Waals surface area (Å²) in [6, 6.07) is 4.03. The van der Waals surface area contributed by atoms with Crippen LogP contribution in [0, 0.1) is 0 Å². The smallest absolute Gasteiger partial charge is 0.0278 e. The van der Waals surface area contributed by atoms with E-state index >= 15 is 0 Å². The number of thioether (sulfide) groups is 1. The molecule has 0 fully saturated rings. The number of rotatable bonds is 4. The fraction of sp³-hybridized carbons (Fsp3) is 0.222. The highest BCUT2D eigenvalue weighted by molar-refractivity contribution is 7.99. The molecule has 3 heteroatoms. The molecule has 1 aromatic rings. The number of nitrogens with zero attached hydrogens (tertiary/aromatic N) is 1. The van der Waals surface area contributed by atoms with Gasteiger partial charge in [-0.15, -0.1) is 11.8 Å². The molecule has 12 heavy (non-hydrogen) atoms. The second-order valence-electron chi connectivity index (χ2n) is 2.15. The molecule has 0 aliphatic heterocycles. The van der Waals surface area contributed by atoms with Gasteiger partial charge in [0.05, 0.1) is 0 Å². The molecule has 0 radical (unpaired) electrons. The van der Waals surface area contributed by atoms with E-state index in [-0.39, 0.29) is 0 Å². The minimum Gasteiger partial charge on any atom is -0.265 e. The third-order valence-corrected chi connectivity index (χ3v) is 2.44. The molecule has 64 valence electrons. The van der Waals surface area contributed by atoms with Crippen LogP contribution in [0.3, 0.4) is 0 Å². The van der Waals surface area contributed by atoms with Gasteiger partial charge in [0.15, 0.2) is 0 Å². The summed E-state index contributed by atoms with van der Waals surface area (Å²) in [5.41, 5.74) is 0. The van der Waals surface area contributed by atoms with Crippen molar-refractivity contribution in [2.24, 2.45) is 0 Å². The standard InChI is InChI=1S/C9H11NS2/c11-7-1-2-8-12-9-3-5-10-6-4-9/h1-6,11H,7-8H2. The van der Waals surface area contributed by atoms with Crippen molar-refractivity contribution in [2.45, 2.75) is 4.90 Å². The third-order valence-electron chi connectivity index (χ3n) is 1.27. The Labute approximate surface area is 82.7 Å². The summed E-state index contributed by atoms with van der Waals surface area (Å²) >= 11 is 5.87. The van der Waals surface area contributed by atoms with Crippen molar-refractivity contribution in [3.05, 3.63) is 36.7 Å². The van der Waals surface area contributed by atoms with Gasteiger partial charge >= 0.3 is 0 Å². The van der Waals surface area contributed by atoms with Crippen LogP contribution < -0.4 is 0 Å². The summed E-state index contributed by atoms with van der Waals surface area (Å²) in [5, 5.41) is 0. The van der Waals surface area contributed by atoms with Gasteiger partial charge in [-0.3, -0.25) is 4.98 Å². The maximum atomic E-state index is 4.07. The van der Waals surface area contributed by atoms with E-state index in [4.69, 9.17) is 0 Å². The van der Waals surface area contributed by atoms with E-state index < -0.39 is 0 Å². The van der Waals surface area contributed by atoms with Gasteiger partial charge in [0.2, 0.25) is 0 Å². The molecule has 0 aliphatic carbocycles. The molecule has 0 unspecified atom stereocenters. The van der Waals surface area contributed by atoms with Gasteiger partial charge in [-0.25, -0.2) is 0 Å². The molecule has 0 saturated carbocycles. The van der Waals surface area contributed by atoms with Crippen LogP contribution in [0.2, 0.25) is 0 Å². The molecule has 1 nitrogen and oxygen atoms in total. The molecule has 0 saturated heterocycles. The van der Waals surface area contributed by atoms with Crippen LogP contribution in [-0.4, -0.2) is 16.5 Å². The lowest BCUT2D eigenvalue weighted by atomic mass is 10.5. The van der Waals surface area contributed by atoms with Gasteiger partial charge in [0.25, 0.3) is 0 Å². The molecule has 0 atom stereocenters. The zero-order chi connectivity index (χ0) is 8.65. The first-order chi connectivity index (χ1) is 5.93. The molecular formula is C9H11NS2. The molecule has 0 aliphatic rings. The summed E-state index contributed by atoms with van der Waals surface area (Å²) in [4.78, 5) is 5.20. The zero-order valence-corrected chi connectivity index (χ0v) is 8.39. The molecule has 0 aromatic carbocycles. The zero-order valence-electron chi connectivity index (χ0n) is 6.68. The molecule has 1 rings (SSSR count). The van der Waals surface area contributed by atoms with E-state index in [9.17, 15) is 0 Å². The first-order valence-corrected chi connectivity index (χ1v) is 5.34. The van der Waals surface area contributed by atoms with E-state index in [1.54, 1.807) is 11.8 Å². The van der Waals surface area contributed by atoms with Crippen LogP contribution in [0.25, 0.3) is 0 Å². The lowest BCUT2D eigenvalue weighted by Crippen LogP contribution is -1.75. The fourth-order valence-electron chi connectivity index (χ4n) is 0.721. The Morgan fingerprint density at radius 1 is 1.33 bits per heavy atom. The quantitative estimate of drug-likeness (QED) is 0.453. The lowest BCUT2D eigenvalue weighted by Gasteiger charge is -1.94. The highest BCUT2D eigenvalue weighted by Gasteiger charge is 1.87. The van der Waals surface area contributed by atoms with Crippen LogP contribution in [0.15, 0.2) is 41.6 Å². The van der Waals surface area contributed by atoms with Gasteiger partial charge in [0, 0.05) is 28.8 Å². The normalized spacial score (nSPS) is 10.8. The van der Waals surface area contributed by atoms with E-state index in [1.807, 2.05) is 24.5 Å². The largest absolute Gasteiger partial charge is 0.265 e. The minimum absolute atomic E-state index is 0.816. The molecule has 1 heterocycles. The fourth-order valence-corrected chi connectivity index (χ4v) is 1.61. The van der Waals surface area contributed by atoms with E-state index in [2.05, 4.69) is 29.8 Å². The number of hydrogen-bond donors (Lipinski definition) is 1. The second-order valence-corrected chi connectivity index (χ2v) is 3.61. The summed E-state index contributed by atoms with van der Waals surface area (Å²) in [5.74, 6) is 1.82. The average Bonchev–Trinajstić information content (AvgIpc) is 2.14. The van der Waals surface area contributed by atoms with Crippen molar-refractivity contribution < 1.29 is 0 Å². The van der Waals surface area contributed by atoms with Gasteiger partial charge in [0.1, 0.15) is 0 Å². The van der Waals surface area contributed by atoms with Crippen molar-refractivity contribution >= 4 is 24.4 Å². The molecular weight excluding hydrogens is 186 g/mol. The minimum atomic E-state index is 0.816. The highest BCUT2D eigenvalue weighted by Crippen LogP contribution is 2.15. The van der Waals surface area contributed by atoms with Gasteiger partial charge in [-0.1, -0.05) is 12.2 Å². The Bertz CT molecular complexity index is 234. The highest BCUT2D eigenvalue weighted by atomic mass is 32.2. The maximum absolute atomic E-state index is 4.07. The van der Waals surface area contributed by atoms with Gasteiger partial charge in [-0.2, -0.15) is 12.6 Å². The van der Waals surface area contributed by atoms with Crippen molar-refractivity contribution in [3.8, 4) is 0 Å². The van der Waals surface area contributed by atoms with E-state index in [0.717, 1.165) is 11.5 Å². The predicted octanol–water partition coefficient (Wildman–Crippen LogP) is 2.66. The number of pyridine rings is 1.